The molecule has 2 aromatic carbocycles. The molecule has 0 bridgehead atoms. The molecule has 0 atom stereocenters. The molecule has 0 fully saturated rings. The van der Waals surface area contributed by atoms with Crippen LogP contribution in [0, 0.1) is 5.41 Å². The van der Waals surface area contributed by atoms with Gasteiger partial charge in [-0.2, -0.15) is 15.1 Å². The van der Waals surface area contributed by atoms with Crippen molar-refractivity contribution in [2.75, 3.05) is 6.61 Å². The van der Waals surface area contributed by atoms with E-state index in [4.69, 9.17) is 21.7 Å². The Kier molecular flexibility index (Phi) is 6.07. The predicted molar refractivity (Wildman–Crippen MR) is 147 cm³/mol. The monoisotopic (exact) mass is 526 g/mol. The minimum Gasteiger partial charge on any atom is -0.492 e. The Bertz CT molecular complexity index is 1630. The van der Waals surface area contributed by atoms with Gasteiger partial charge < -0.3 is 9.30 Å². The molecule has 182 valence electrons. The second kappa shape index (κ2) is 9.68. The number of nitrogens with zero attached hydrogens (tertiary/aromatic N) is 5. The van der Waals surface area contributed by atoms with E-state index in [0.717, 1.165) is 27.8 Å². The van der Waals surface area contributed by atoms with Crippen LogP contribution in [0.5, 0.6) is 5.75 Å². The molecule has 4 heterocycles. The number of thioether (sulfide) groups is 1. The second-order valence-electron chi connectivity index (χ2n) is 8.26. The van der Waals surface area contributed by atoms with Crippen molar-refractivity contribution in [2.24, 2.45) is 10.1 Å². The largest absolute Gasteiger partial charge is 0.492 e. The van der Waals surface area contributed by atoms with Gasteiger partial charge in [0.15, 0.2) is 5.84 Å². The van der Waals surface area contributed by atoms with Crippen LogP contribution in [0.2, 0.25) is 5.02 Å². The molecule has 10 heteroatoms. The van der Waals surface area contributed by atoms with Crippen molar-refractivity contribution >= 4 is 62.3 Å². The number of fused-ring (bicyclic) bond motifs is 2. The van der Waals surface area contributed by atoms with Crippen molar-refractivity contribution in [1.29, 1.82) is 5.41 Å². The molecule has 0 saturated carbocycles. The summed E-state index contributed by atoms with van der Waals surface area (Å²) in [5.41, 5.74) is 2.80. The summed E-state index contributed by atoms with van der Waals surface area (Å²) in [6.45, 7) is 1.05. The first-order chi connectivity index (χ1) is 18.1. The van der Waals surface area contributed by atoms with E-state index in [2.05, 4.69) is 19.6 Å². The Morgan fingerprint density at radius 1 is 1.08 bits per heavy atom. The fourth-order valence-corrected chi connectivity index (χ4v) is 5.13. The maximum atomic E-state index is 13.0. The number of carbonyl (C=O) groups is 1. The first-order valence-corrected chi connectivity index (χ1v) is 12.6. The number of aliphatic imine (C=N–C) groups is 1. The highest BCUT2D eigenvalue weighted by Crippen LogP contribution is 2.32. The van der Waals surface area contributed by atoms with E-state index in [1.165, 1.54) is 16.8 Å². The number of carbonyl (C=O) groups excluding carboxylic acids is 1. The normalized spacial score (nSPS) is 16.2. The third-order valence-electron chi connectivity index (χ3n) is 5.90. The molecule has 8 nitrogen and oxygen atoms in total. The fraction of sp³-hybridized carbons (Fsp3) is 0.0741. The van der Waals surface area contributed by atoms with E-state index >= 15 is 0 Å². The third kappa shape index (κ3) is 4.54. The van der Waals surface area contributed by atoms with Gasteiger partial charge in [0.05, 0.1) is 12.1 Å². The highest BCUT2D eigenvalue weighted by Gasteiger charge is 2.36. The van der Waals surface area contributed by atoms with Crippen LogP contribution in [0.4, 0.5) is 0 Å². The zero-order chi connectivity index (χ0) is 25.4. The molecule has 0 unspecified atom stereocenters. The maximum absolute atomic E-state index is 13.0. The summed E-state index contributed by atoms with van der Waals surface area (Å²) in [5.74, 6) is 0.270. The molecular formula is C27H19ClN6O2S. The van der Waals surface area contributed by atoms with Crippen LogP contribution in [0.3, 0.4) is 0 Å². The maximum Gasteiger partial charge on any atom is 0.283 e. The predicted octanol–water partition coefficient (Wildman–Crippen LogP) is 5.44. The third-order valence-corrected chi connectivity index (χ3v) is 7.11. The van der Waals surface area contributed by atoms with Crippen molar-refractivity contribution in [3.63, 3.8) is 0 Å². The highest BCUT2D eigenvalue weighted by molar-refractivity contribution is 8.27. The summed E-state index contributed by atoms with van der Waals surface area (Å²) in [6, 6.07) is 18.9. The van der Waals surface area contributed by atoms with E-state index in [9.17, 15) is 4.79 Å². The fourth-order valence-electron chi connectivity index (χ4n) is 4.12. The summed E-state index contributed by atoms with van der Waals surface area (Å²) in [6.07, 6.45) is 7.05. The van der Waals surface area contributed by atoms with Crippen LogP contribution in [0.15, 0.2) is 94.9 Å². The van der Waals surface area contributed by atoms with E-state index in [-0.39, 0.29) is 11.4 Å². The van der Waals surface area contributed by atoms with Crippen LogP contribution < -0.4 is 4.74 Å². The van der Waals surface area contributed by atoms with Crippen LogP contribution in [-0.2, 0) is 11.3 Å². The number of ether oxygens (including phenoxy) is 1. The Balaban J connectivity index is 1.28. The molecule has 0 spiro atoms. The number of nitrogens with one attached hydrogen (secondary N) is 1. The van der Waals surface area contributed by atoms with Gasteiger partial charge >= 0.3 is 0 Å². The van der Waals surface area contributed by atoms with Crippen LogP contribution >= 0.6 is 23.4 Å². The Hall–Kier alpha value is -4.21. The number of rotatable bonds is 6. The molecule has 2 aromatic heterocycles. The molecule has 0 radical (unpaired) electrons. The van der Waals surface area contributed by atoms with Crippen LogP contribution in [-0.4, -0.2) is 43.1 Å². The van der Waals surface area contributed by atoms with Crippen molar-refractivity contribution < 1.29 is 9.53 Å². The lowest BCUT2D eigenvalue weighted by Crippen LogP contribution is -2.35. The van der Waals surface area contributed by atoms with E-state index < -0.39 is 5.91 Å². The Labute approximate surface area is 221 Å². The lowest BCUT2D eigenvalue weighted by atomic mass is 10.1. The number of para-hydroxylation sites is 1. The number of pyridine rings is 1. The lowest BCUT2D eigenvalue weighted by Gasteiger charge is -2.20. The smallest absolute Gasteiger partial charge is 0.283 e. The SMILES string of the molecule is N=C1/C(=C\c2cn(CCOc3ccc(Cl)cc3)c3ccccc23)C(=O)N=C2SC(c3cccnc3)=NN12. The number of hydrogen-bond acceptors (Lipinski definition) is 6. The molecule has 0 saturated heterocycles. The molecule has 2 aliphatic heterocycles. The van der Waals surface area contributed by atoms with E-state index in [1.807, 2.05) is 54.7 Å². The number of amidine groups is 2. The standard InChI is InChI=1S/C27H19ClN6O2S/c28-19-7-9-20(10-8-19)36-13-12-33-16-18(21-5-1-2-6-23(21)33)14-22-24(29)34-27(31-25(22)35)37-26(32-34)17-4-3-11-30-15-17/h1-11,14-16,29H,12-13H2/b22-14+,29-24?. The number of hydrogen-bond donors (Lipinski definition) is 1. The zero-order valence-corrected chi connectivity index (χ0v) is 20.9. The summed E-state index contributed by atoms with van der Waals surface area (Å²) < 4.78 is 7.95. The number of benzene rings is 2. The van der Waals surface area contributed by atoms with Gasteiger partial charge in [-0.3, -0.25) is 15.2 Å². The van der Waals surface area contributed by atoms with Crippen LogP contribution in [0.25, 0.3) is 17.0 Å². The summed E-state index contributed by atoms with van der Waals surface area (Å²) in [7, 11) is 0. The van der Waals surface area contributed by atoms with Gasteiger partial charge in [0.25, 0.3) is 5.91 Å². The zero-order valence-electron chi connectivity index (χ0n) is 19.3. The molecular weight excluding hydrogens is 508 g/mol. The lowest BCUT2D eigenvalue weighted by molar-refractivity contribution is -0.114. The molecule has 0 aliphatic carbocycles. The first kappa shape index (κ1) is 23.2. The van der Waals surface area contributed by atoms with Gasteiger partial charge in [0.1, 0.15) is 17.4 Å². The average Bonchev–Trinajstić information content (AvgIpc) is 3.50. The van der Waals surface area contributed by atoms with Crippen molar-refractivity contribution in [1.82, 2.24) is 14.6 Å². The van der Waals surface area contributed by atoms with Gasteiger partial charge in [-0.25, -0.2) is 0 Å². The number of hydrazone groups is 1. The van der Waals surface area contributed by atoms with Gasteiger partial charge in [-0.05, 0) is 60.3 Å². The summed E-state index contributed by atoms with van der Waals surface area (Å²) in [4.78, 5) is 21.3. The van der Waals surface area contributed by atoms with Gasteiger partial charge in [0.2, 0.25) is 5.17 Å². The minimum atomic E-state index is -0.464. The topological polar surface area (TPSA) is 95.9 Å². The van der Waals surface area contributed by atoms with Crippen molar-refractivity contribution in [3.05, 3.63) is 101 Å². The summed E-state index contributed by atoms with van der Waals surface area (Å²) in [5, 5.41) is 17.3. The van der Waals surface area contributed by atoms with E-state index in [1.54, 1.807) is 30.6 Å². The molecule has 2 aliphatic rings. The Morgan fingerprint density at radius 2 is 1.92 bits per heavy atom. The number of amides is 1. The number of halogens is 1. The van der Waals surface area contributed by atoms with Gasteiger partial charge in [0, 0.05) is 45.6 Å². The van der Waals surface area contributed by atoms with Crippen LogP contribution in [0.1, 0.15) is 11.1 Å². The molecule has 37 heavy (non-hydrogen) atoms. The van der Waals surface area contributed by atoms with Gasteiger partial charge in [-0.15, -0.1) is 0 Å². The number of aromatic nitrogens is 2. The van der Waals surface area contributed by atoms with Gasteiger partial charge in [-0.1, -0.05) is 29.8 Å². The van der Waals surface area contributed by atoms with Crippen molar-refractivity contribution in [3.8, 4) is 5.75 Å². The Morgan fingerprint density at radius 3 is 2.73 bits per heavy atom. The molecule has 1 N–H and O–H groups in total. The summed E-state index contributed by atoms with van der Waals surface area (Å²) >= 11 is 7.20. The molecule has 4 aromatic rings. The molecule has 6 rings (SSSR count). The second-order valence-corrected chi connectivity index (χ2v) is 9.66. The first-order valence-electron chi connectivity index (χ1n) is 11.4. The average molecular weight is 527 g/mol. The molecule has 1 amide bonds. The quantitative estimate of drug-likeness (QED) is 0.338. The van der Waals surface area contributed by atoms with Crippen molar-refractivity contribution in [2.45, 2.75) is 6.54 Å². The minimum absolute atomic E-state index is 0.00991. The van der Waals surface area contributed by atoms with E-state index in [0.29, 0.717) is 28.4 Å². The highest BCUT2D eigenvalue weighted by atomic mass is 35.5.